The van der Waals surface area contributed by atoms with Gasteiger partial charge in [-0.05, 0) is 33.9 Å². The van der Waals surface area contributed by atoms with E-state index in [9.17, 15) is 0 Å². The van der Waals surface area contributed by atoms with Gasteiger partial charge in [-0.2, -0.15) is 0 Å². The Morgan fingerprint density at radius 2 is 1.11 bits per heavy atom. The molecule has 0 unspecified atom stereocenters. The second-order valence-electron chi connectivity index (χ2n) is 7.28. The van der Waals surface area contributed by atoms with Gasteiger partial charge in [-0.25, -0.2) is 0 Å². The highest BCUT2D eigenvalue weighted by atomic mass is 14.9. The van der Waals surface area contributed by atoms with Crippen LogP contribution in [-0.4, -0.2) is 4.98 Å². The summed E-state index contributed by atoms with van der Waals surface area (Å²) in [7, 11) is 0. The Morgan fingerprint density at radius 1 is 0.607 bits per heavy atom. The van der Waals surface area contributed by atoms with Gasteiger partial charge >= 0.3 is 0 Å². The molecule has 0 saturated carbocycles. The van der Waals surface area contributed by atoms with Gasteiger partial charge in [-0.15, -0.1) is 0 Å². The van der Waals surface area contributed by atoms with Gasteiger partial charge in [0.15, 0.2) is 0 Å². The zero-order valence-electron chi connectivity index (χ0n) is 15.7. The molecule has 0 aliphatic carbocycles. The van der Waals surface area contributed by atoms with Gasteiger partial charge in [-0.1, -0.05) is 91.0 Å². The van der Waals surface area contributed by atoms with Crippen LogP contribution in [0.3, 0.4) is 0 Å². The summed E-state index contributed by atoms with van der Waals surface area (Å²) in [6.07, 6.45) is 2.07. The number of nitrogens with zero attached hydrogens (tertiary/aromatic N) is 1. The lowest BCUT2D eigenvalue weighted by molar-refractivity contribution is 0.737. The molecule has 1 aromatic heterocycles. The minimum atomic E-state index is -0.408. The Labute approximate surface area is 165 Å². The first kappa shape index (κ1) is 16.9. The lowest BCUT2D eigenvalue weighted by Gasteiger charge is -2.36. The molecular weight excluding hydrogens is 340 g/mol. The van der Waals surface area contributed by atoms with Crippen LogP contribution in [0.4, 0.5) is 0 Å². The van der Waals surface area contributed by atoms with Gasteiger partial charge in [-0.3, -0.25) is 4.98 Å². The number of hydrogen-bond acceptors (Lipinski definition) is 2. The molecule has 4 aromatic rings. The van der Waals surface area contributed by atoms with E-state index >= 15 is 0 Å². The SMILES string of the molecule is c1ccc(C(c2ccccc2)(c2ccccc2)c2cnc3c(c2)CNC3)cc1. The van der Waals surface area contributed by atoms with Gasteiger partial charge in [0.1, 0.15) is 0 Å². The third kappa shape index (κ3) is 2.65. The molecule has 28 heavy (non-hydrogen) atoms. The Balaban J connectivity index is 1.88. The van der Waals surface area contributed by atoms with E-state index in [0.29, 0.717) is 0 Å². The van der Waals surface area contributed by atoms with Crippen LogP contribution in [0.25, 0.3) is 0 Å². The molecule has 1 N–H and O–H groups in total. The monoisotopic (exact) mass is 362 g/mol. The smallest absolute Gasteiger partial charge is 0.0716 e. The van der Waals surface area contributed by atoms with Crippen molar-refractivity contribution in [1.82, 2.24) is 10.3 Å². The number of benzene rings is 3. The maximum absolute atomic E-state index is 4.84. The van der Waals surface area contributed by atoms with Crippen LogP contribution in [0.2, 0.25) is 0 Å². The van der Waals surface area contributed by atoms with Crippen LogP contribution < -0.4 is 5.32 Å². The Bertz CT molecular complexity index is 977. The Morgan fingerprint density at radius 3 is 1.61 bits per heavy atom. The van der Waals surface area contributed by atoms with Crippen molar-refractivity contribution in [3.63, 3.8) is 0 Å². The third-order valence-electron chi connectivity index (χ3n) is 5.72. The first-order chi connectivity index (χ1) is 13.9. The summed E-state index contributed by atoms with van der Waals surface area (Å²) in [5.41, 5.74) is 7.00. The van der Waals surface area contributed by atoms with E-state index in [1.54, 1.807) is 0 Å². The Hall–Kier alpha value is -3.23. The molecule has 0 fully saturated rings. The highest BCUT2D eigenvalue weighted by Crippen LogP contribution is 2.45. The summed E-state index contributed by atoms with van der Waals surface area (Å²) in [6, 6.07) is 34.7. The van der Waals surface area contributed by atoms with Gasteiger partial charge in [0.2, 0.25) is 0 Å². The third-order valence-corrected chi connectivity index (χ3v) is 5.72. The van der Waals surface area contributed by atoms with E-state index in [1.165, 1.54) is 27.8 Å². The molecule has 1 aliphatic rings. The van der Waals surface area contributed by atoms with Crippen LogP contribution >= 0.6 is 0 Å². The van der Waals surface area contributed by atoms with Crippen molar-refractivity contribution in [3.05, 3.63) is 137 Å². The molecule has 0 bridgehead atoms. The molecule has 2 heteroatoms. The standard InChI is InChI=1S/C26H22N2/c1-4-10-21(11-5-1)26(22-12-6-2-7-13-22,23-14-8-3-9-15-23)24-16-20-17-27-19-25(20)28-18-24/h1-16,18,27H,17,19H2. The average Bonchev–Trinajstić information content (AvgIpc) is 3.25. The van der Waals surface area contributed by atoms with Crippen molar-refractivity contribution in [2.24, 2.45) is 0 Å². The summed E-state index contributed by atoms with van der Waals surface area (Å²) in [4.78, 5) is 4.84. The van der Waals surface area contributed by atoms with Gasteiger partial charge in [0.05, 0.1) is 11.1 Å². The molecule has 2 nitrogen and oxygen atoms in total. The lowest BCUT2D eigenvalue weighted by Crippen LogP contribution is -2.31. The Kier molecular flexibility index (Phi) is 4.27. The van der Waals surface area contributed by atoms with E-state index < -0.39 is 5.41 Å². The molecule has 0 saturated heterocycles. The van der Waals surface area contributed by atoms with E-state index in [1.807, 2.05) is 0 Å². The molecule has 0 atom stereocenters. The summed E-state index contributed by atoms with van der Waals surface area (Å²) >= 11 is 0. The summed E-state index contributed by atoms with van der Waals surface area (Å²) in [6.45, 7) is 1.73. The molecule has 0 spiro atoms. The average molecular weight is 362 g/mol. The molecule has 0 radical (unpaired) electrons. The normalized spacial score (nSPS) is 13.3. The summed E-state index contributed by atoms with van der Waals surface area (Å²) in [5.74, 6) is 0. The fourth-order valence-corrected chi connectivity index (χ4v) is 4.44. The first-order valence-corrected chi connectivity index (χ1v) is 9.74. The van der Waals surface area contributed by atoms with Crippen molar-refractivity contribution in [3.8, 4) is 0 Å². The second-order valence-corrected chi connectivity index (χ2v) is 7.28. The van der Waals surface area contributed by atoms with Crippen molar-refractivity contribution in [2.45, 2.75) is 18.5 Å². The van der Waals surface area contributed by atoms with Gasteiger partial charge in [0, 0.05) is 19.3 Å². The molecule has 0 amide bonds. The largest absolute Gasteiger partial charge is 0.307 e. The highest BCUT2D eigenvalue weighted by molar-refractivity contribution is 5.59. The van der Waals surface area contributed by atoms with Crippen molar-refractivity contribution in [1.29, 1.82) is 0 Å². The maximum atomic E-state index is 4.84. The molecular formula is C26H22N2. The minimum absolute atomic E-state index is 0.408. The lowest BCUT2D eigenvalue weighted by atomic mass is 9.65. The number of aromatic nitrogens is 1. The zero-order valence-corrected chi connectivity index (χ0v) is 15.7. The van der Waals surface area contributed by atoms with Crippen LogP contribution in [0.15, 0.2) is 103 Å². The molecule has 5 rings (SSSR count). The van der Waals surface area contributed by atoms with Gasteiger partial charge < -0.3 is 5.32 Å². The molecule has 1 aliphatic heterocycles. The molecule has 136 valence electrons. The van der Waals surface area contributed by atoms with Gasteiger partial charge in [0.25, 0.3) is 0 Å². The van der Waals surface area contributed by atoms with E-state index in [-0.39, 0.29) is 0 Å². The van der Waals surface area contributed by atoms with Crippen LogP contribution in [0.1, 0.15) is 33.5 Å². The maximum Gasteiger partial charge on any atom is 0.0716 e. The number of pyridine rings is 1. The topological polar surface area (TPSA) is 24.9 Å². The van der Waals surface area contributed by atoms with Crippen molar-refractivity contribution in [2.75, 3.05) is 0 Å². The second kappa shape index (κ2) is 7.06. The zero-order chi connectivity index (χ0) is 18.8. The quantitative estimate of drug-likeness (QED) is 0.513. The number of fused-ring (bicyclic) bond motifs is 1. The molecule has 2 heterocycles. The fourth-order valence-electron chi connectivity index (χ4n) is 4.44. The summed E-state index contributed by atoms with van der Waals surface area (Å²) < 4.78 is 0. The minimum Gasteiger partial charge on any atom is -0.307 e. The van der Waals surface area contributed by atoms with Crippen LogP contribution in [0.5, 0.6) is 0 Å². The van der Waals surface area contributed by atoms with E-state index in [4.69, 9.17) is 4.98 Å². The molecule has 3 aromatic carbocycles. The predicted molar refractivity (Wildman–Crippen MR) is 113 cm³/mol. The first-order valence-electron chi connectivity index (χ1n) is 9.74. The number of rotatable bonds is 4. The summed E-state index contributed by atoms with van der Waals surface area (Å²) in [5, 5.41) is 3.42. The van der Waals surface area contributed by atoms with E-state index in [2.05, 4.69) is 109 Å². The highest BCUT2D eigenvalue weighted by Gasteiger charge is 2.39. The van der Waals surface area contributed by atoms with Crippen LogP contribution in [0, 0.1) is 0 Å². The predicted octanol–water partition coefficient (Wildman–Crippen LogP) is 5.07. The van der Waals surface area contributed by atoms with Crippen molar-refractivity contribution < 1.29 is 0 Å². The van der Waals surface area contributed by atoms with Crippen molar-refractivity contribution >= 4 is 0 Å². The number of nitrogens with one attached hydrogen (secondary N) is 1. The van der Waals surface area contributed by atoms with E-state index in [0.717, 1.165) is 18.8 Å². The number of hydrogen-bond donors (Lipinski definition) is 1. The fraction of sp³-hybridized carbons (Fsp3) is 0.115. The van der Waals surface area contributed by atoms with Crippen LogP contribution in [-0.2, 0) is 18.5 Å².